The maximum absolute atomic E-state index is 12.5. The Morgan fingerprint density at radius 3 is 2.64 bits per heavy atom. The van der Waals surface area contributed by atoms with Crippen LogP contribution in [0, 0.1) is 5.92 Å². The van der Waals surface area contributed by atoms with Gasteiger partial charge in [0, 0.05) is 23.9 Å². The fourth-order valence-corrected chi connectivity index (χ4v) is 4.43. The zero-order valence-electron chi connectivity index (χ0n) is 15.3. The van der Waals surface area contributed by atoms with Crippen molar-refractivity contribution in [2.24, 2.45) is 11.7 Å². The largest absolute Gasteiger partial charge is 0.369 e. The number of nitrogens with zero attached hydrogens (tertiary/aromatic N) is 3. The third-order valence-electron chi connectivity index (χ3n) is 5.04. The topological polar surface area (TPSA) is 101 Å². The molecule has 0 spiro atoms. The number of aromatic nitrogens is 2. The minimum absolute atomic E-state index is 0.00630. The van der Waals surface area contributed by atoms with Crippen LogP contribution in [0.4, 0.5) is 5.82 Å². The third kappa shape index (κ3) is 3.82. The van der Waals surface area contributed by atoms with Crippen molar-refractivity contribution in [2.45, 2.75) is 12.8 Å². The summed E-state index contributed by atoms with van der Waals surface area (Å²) in [6, 6.07) is 12.2. The maximum atomic E-state index is 12.5. The van der Waals surface area contributed by atoms with Crippen LogP contribution in [0.25, 0.3) is 20.7 Å². The maximum Gasteiger partial charge on any atom is 0.241 e. The second kappa shape index (κ2) is 7.93. The summed E-state index contributed by atoms with van der Waals surface area (Å²) in [7, 11) is 0. The lowest BCUT2D eigenvalue weighted by Crippen LogP contribution is -2.43. The van der Waals surface area contributed by atoms with Gasteiger partial charge < -0.3 is 16.0 Å². The molecule has 0 radical (unpaired) electrons. The molecule has 1 aromatic carbocycles. The predicted molar refractivity (Wildman–Crippen MR) is 110 cm³/mol. The van der Waals surface area contributed by atoms with Gasteiger partial charge in [0.05, 0.1) is 11.9 Å². The highest BCUT2D eigenvalue weighted by Gasteiger charge is 2.25. The summed E-state index contributed by atoms with van der Waals surface area (Å²) >= 11 is 1.60. The number of nitrogens with two attached hydrogens (primary N) is 1. The standard InChI is InChI=1S/C20H21N5O2S/c21-18(27)14-6-8-25(9-7-14)17(26)11-22-19-15-10-16(13-4-2-1-3-5-13)28-20(15)24-12-23-19/h1-5,10,12,14H,6-9,11H2,(H2,21,27)(H,22,23,24). The minimum atomic E-state index is -0.278. The minimum Gasteiger partial charge on any atom is -0.369 e. The molecule has 1 fully saturated rings. The van der Waals surface area contributed by atoms with Crippen LogP contribution in [0.15, 0.2) is 42.7 Å². The molecule has 0 aliphatic carbocycles. The zero-order chi connectivity index (χ0) is 19.5. The second-order valence-electron chi connectivity index (χ2n) is 6.83. The van der Waals surface area contributed by atoms with Crippen molar-refractivity contribution >= 4 is 39.2 Å². The summed E-state index contributed by atoms with van der Waals surface area (Å²) in [5.74, 6) is 0.248. The molecule has 1 aliphatic heterocycles. The molecular weight excluding hydrogens is 374 g/mol. The van der Waals surface area contributed by atoms with E-state index in [4.69, 9.17) is 5.73 Å². The Morgan fingerprint density at radius 2 is 1.93 bits per heavy atom. The number of primary amides is 1. The van der Waals surface area contributed by atoms with Crippen molar-refractivity contribution in [3.8, 4) is 10.4 Å². The van der Waals surface area contributed by atoms with Gasteiger partial charge in [0.2, 0.25) is 11.8 Å². The van der Waals surface area contributed by atoms with E-state index < -0.39 is 0 Å². The van der Waals surface area contributed by atoms with Gasteiger partial charge in [-0.3, -0.25) is 9.59 Å². The summed E-state index contributed by atoms with van der Waals surface area (Å²) in [6.07, 6.45) is 2.77. The van der Waals surface area contributed by atoms with Gasteiger partial charge in [-0.25, -0.2) is 9.97 Å². The van der Waals surface area contributed by atoms with E-state index in [2.05, 4.69) is 33.5 Å². The first kappa shape index (κ1) is 18.4. The van der Waals surface area contributed by atoms with Crippen LogP contribution in [0.3, 0.4) is 0 Å². The van der Waals surface area contributed by atoms with Gasteiger partial charge in [-0.2, -0.15) is 0 Å². The van der Waals surface area contributed by atoms with Gasteiger partial charge in [-0.15, -0.1) is 11.3 Å². The molecule has 0 unspecified atom stereocenters. The van der Waals surface area contributed by atoms with Crippen molar-refractivity contribution in [3.63, 3.8) is 0 Å². The van der Waals surface area contributed by atoms with E-state index >= 15 is 0 Å². The molecular formula is C20H21N5O2S. The Kier molecular flexibility index (Phi) is 5.21. The first-order chi connectivity index (χ1) is 13.6. The van der Waals surface area contributed by atoms with Gasteiger partial charge in [0.15, 0.2) is 0 Å². The van der Waals surface area contributed by atoms with E-state index in [-0.39, 0.29) is 24.3 Å². The van der Waals surface area contributed by atoms with E-state index in [1.165, 1.54) is 6.33 Å². The average Bonchev–Trinajstić information content (AvgIpc) is 3.17. The number of carbonyl (C=O) groups excluding carboxylic acids is 2. The van der Waals surface area contributed by atoms with Crippen LogP contribution in [-0.4, -0.2) is 46.3 Å². The number of hydrogen-bond acceptors (Lipinski definition) is 6. The quantitative estimate of drug-likeness (QED) is 0.691. The number of piperidine rings is 1. The van der Waals surface area contributed by atoms with Crippen LogP contribution in [0.1, 0.15) is 12.8 Å². The molecule has 2 aromatic heterocycles. The van der Waals surface area contributed by atoms with Gasteiger partial charge in [-0.1, -0.05) is 30.3 Å². The summed E-state index contributed by atoms with van der Waals surface area (Å²) in [4.78, 5) is 36.2. The van der Waals surface area contributed by atoms with Crippen molar-refractivity contribution in [3.05, 3.63) is 42.7 Å². The van der Waals surface area contributed by atoms with Crippen molar-refractivity contribution in [2.75, 3.05) is 25.0 Å². The first-order valence-corrected chi connectivity index (χ1v) is 10.0. The highest BCUT2D eigenvalue weighted by molar-refractivity contribution is 7.21. The van der Waals surface area contributed by atoms with Gasteiger partial charge in [-0.05, 0) is 24.5 Å². The van der Waals surface area contributed by atoms with E-state index in [1.807, 2.05) is 18.2 Å². The molecule has 3 heterocycles. The molecule has 3 N–H and O–H groups in total. The van der Waals surface area contributed by atoms with E-state index in [1.54, 1.807) is 16.2 Å². The first-order valence-electron chi connectivity index (χ1n) is 9.23. The van der Waals surface area contributed by atoms with Gasteiger partial charge in [0.25, 0.3) is 0 Å². The molecule has 28 heavy (non-hydrogen) atoms. The molecule has 0 atom stereocenters. The smallest absolute Gasteiger partial charge is 0.241 e. The number of fused-ring (bicyclic) bond motifs is 1. The molecule has 0 saturated carbocycles. The monoisotopic (exact) mass is 395 g/mol. The van der Waals surface area contributed by atoms with Crippen LogP contribution in [-0.2, 0) is 9.59 Å². The average molecular weight is 395 g/mol. The number of thiophene rings is 1. The Morgan fingerprint density at radius 1 is 1.18 bits per heavy atom. The molecule has 144 valence electrons. The van der Waals surface area contributed by atoms with Crippen molar-refractivity contribution in [1.82, 2.24) is 14.9 Å². The summed E-state index contributed by atoms with van der Waals surface area (Å²) in [5, 5.41) is 4.07. The number of benzene rings is 1. The normalized spacial score (nSPS) is 14.9. The lowest BCUT2D eigenvalue weighted by atomic mass is 9.96. The number of likely N-dealkylation sites (tertiary alicyclic amines) is 1. The molecule has 7 nitrogen and oxygen atoms in total. The molecule has 3 aromatic rings. The van der Waals surface area contributed by atoms with Crippen molar-refractivity contribution in [1.29, 1.82) is 0 Å². The summed E-state index contributed by atoms with van der Waals surface area (Å²) in [5.41, 5.74) is 6.48. The lowest BCUT2D eigenvalue weighted by Gasteiger charge is -2.30. The van der Waals surface area contributed by atoms with Crippen LogP contribution in [0.2, 0.25) is 0 Å². The van der Waals surface area contributed by atoms with Crippen LogP contribution < -0.4 is 11.1 Å². The lowest BCUT2D eigenvalue weighted by molar-refractivity contribution is -0.133. The number of amides is 2. The number of rotatable bonds is 5. The third-order valence-corrected chi connectivity index (χ3v) is 6.14. The van der Waals surface area contributed by atoms with Crippen LogP contribution >= 0.6 is 11.3 Å². The number of nitrogens with one attached hydrogen (secondary N) is 1. The van der Waals surface area contributed by atoms with Gasteiger partial charge in [0.1, 0.15) is 17.0 Å². The fourth-order valence-electron chi connectivity index (χ4n) is 3.43. The Balaban J connectivity index is 1.44. The molecule has 4 rings (SSSR count). The number of anilines is 1. The van der Waals surface area contributed by atoms with Gasteiger partial charge >= 0.3 is 0 Å². The Bertz CT molecular complexity index is 996. The van der Waals surface area contributed by atoms with E-state index in [0.29, 0.717) is 31.7 Å². The highest BCUT2D eigenvalue weighted by Crippen LogP contribution is 2.34. The zero-order valence-corrected chi connectivity index (χ0v) is 16.1. The molecule has 1 saturated heterocycles. The predicted octanol–water partition coefficient (Wildman–Crippen LogP) is 2.49. The van der Waals surface area contributed by atoms with Crippen LogP contribution in [0.5, 0.6) is 0 Å². The fraction of sp³-hybridized carbons (Fsp3) is 0.300. The molecule has 2 amide bonds. The second-order valence-corrected chi connectivity index (χ2v) is 7.86. The summed E-state index contributed by atoms with van der Waals surface area (Å²) in [6.45, 7) is 1.28. The Hall–Kier alpha value is -3.00. The Labute approximate surface area is 166 Å². The van der Waals surface area contributed by atoms with E-state index in [0.717, 1.165) is 20.7 Å². The summed E-state index contributed by atoms with van der Waals surface area (Å²) < 4.78 is 0. The van der Waals surface area contributed by atoms with Crippen molar-refractivity contribution < 1.29 is 9.59 Å². The van der Waals surface area contributed by atoms with E-state index in [9.17, 15) is 9.59 Å². The highest BCUT2D eigenvalue weighted by atomic mass is 32.1. The molecule has 1 aliphatic rings. The SMILES string of the molecule is NC(=O)C1CCN(C(=O)CNc2ncnc3sc(-c4ccccc4)cc23)CC1. The number of hydrogen-bond donors (Lipinski definition) is 2. The molecule has 8 heteroatoms. The number of carbonyl (C=O) groups is 2. The molecule has 0 bridgehead atoms.